The summed E-state index contributed by atoms with van der Waals surface area (Å²) in [6.45, 7) is 2.01. The molecule has 0 fully saturated rings. The number of aromatic amines is 2. The minimum absolute atomic E-state index is 0.265. The third kappa shape index (κ3) is 3.08. The Morgan fingerprint density at radius 1 is 1.26 bits per heavy atom. The van der Waals surface area contributed by atoms with Crippen molar-refractivity contribution in [2.24, 2.45) is 0 Å². The van der Waals surface area contributed by atoms with Gasteiger partial charge in [0.25, 0.3) is 5.91 Å². The number of rotatable bonds is 5. The predicted molar refractivity (Wildman–Crippen MR) is 86.5 cm³/mol. The lowest BCUT2D eigenvalue weighted by Crippen LogP contribution is -2.12. The molecule has 0 unspecified atom stereocenters. The molecule has 0 aliphatic rings. The van der Waals surface area contributed by atoms with Gasteiger partial charge in [-0.1, -0.05) is 6.92 Å². The molecule has 7 heteroatoms. The number of hydrogen-bond acceptors (Lipinski definition) is 4. The fraction of sp³-hybridized carbons (Fsp3) is 0.188. The van der Waals surface area contributed by atoms with Gasteiger partial charge in [0, 0.05) is 17.3 Å². The highest BCUT2D eigenvalue weighted by molar-refractivity contribution is 6.07. The molecule has 0 saturated heterocycles. The molecule has 0 radical (unpaired) electrons. The van der Waals surface area contributed by atoms with E-state index in [2.05, 4.69) is 25.7 Å². The van der Waals surface area contributed by atoms with Crippen LogP contribution in [0.5, 0.6) is 5.75 Å². The summed E-state index contributed by atoms with van der Waals surface area (Å²) in [7, 11) is 1.61. The van der Waals surface area contributed by atoms with Crippen LogP contribution in [0.1, 0.15) is 23.0 Å². The number of anilines is 1. The number of carbonyl (C=O) groups is 1. The van der Waals surface area contributed by atoms with Gasteiger partial charge in [-0.25, -0.2) is 0 Å². The lowest BCUT2D eigenvalue weighted by atomic mass is 10.1. The summed E-state index contributed by atoms with van der Waals surface area (Å²) in [6, 6.07) is 9.21. The Balaban J connectivity index is 1.83. The molecular formula is C16H17N5O2. The van der Waals surface area contributed by atoms with Crippen LogP contribution >= 0.6 is 0 Å². The molecule has 3 aromatic rings. The number of aryl methyl sites for hydroxylation is 1. The Kier molecular flexibility index (Phi) is 4.09. The number of benzene rings is 1. The van der Waals surface area contributed by atoms with Gasteiger partial charge in [0.2, 0.25) is 0 Å². The van der Waals surface area contributed by atoms with Crippen molar-refractivity contribution in [3.05, 3.63) is 47.8 Å². The Bertz CT molecular complexity index is 804. The summed E-state index contributed by atoms with van der Waals surface area (Å²) in [5.74, 6) is 0.982. The van der Waals surface area contributed by atoms with Gasteiger partial charge >= 0.3 is 0 Å². The van der Waals surface area contributed by atoms with E-state index in [1.807, 2.05) is 37.3 Å². The van der Waals surface area contributed by atoms with Crippen LogP contribution in [0.3, 0.4) is 0 Å². The van der Waals surface area contributed by atoms with Gasteiger partial charge < -0.3 is 10.1 Å². The van der Waals surface area contributed by atoms with E-state index in [1.54, 1.807) is 7.11 Å². The van der Waals surface area contributed by atoms with E-state index in [0.717, 1.165) is 23.4 Å². The summed E-state index contributed by atoms with van der Waals surface area (Å²) in [5.41, 5.74) is 2.92. The summed E-state index contributed by atoms with van der Waals surface area (Å²) in [6.07, 6.45) is 2.33. The summed E-state index contributed by atoms with van der Waals surface area (Å²) in [4.78, 5) is 12.4. The second-order valence-corrected chi connectivity index (χ2v) is 4.97. The van der Waals surface area contributed by atoms with Gasteiger partial charge in [0.1, 0.15) is 5.75 Å². The second kappa shape index (κ2) is 6.35. The topological polar surface area (TPSA) is 95.7 Å². The lowest BCUT2D eigenvalue weighted by molar-refractivity contribution is 0.102. The van der Waals surface area contributed by atoms with Crippen molar-refractivity contribution < 1.29 is 9.53 Å². The average molecular weight is 311 g/mol. The molecule has 0 saturated carbocycles. The first-order chi connectivity index (χ1) is 11.2. The van der Waals surface area contributed by atoms with E-state index in [4.69, 9.17) is 4.74 Å². The average Bonchev–Trinajstić information content (AvgIpc) is 3.24. The summed E-state index contributed by atoms with van der Waals surface area (Å²) in [5, 5.41) is 16.5. The molecule has 7 nitrogen and oxygen atoms in total. The Labute approximate surface area is 133 Å². The van der Waals surface area contributed by atoms with Crippen molar-refractivity contribution in [2.75, 3.05) is 12.4 Å². The van der Waals surface area contributed by atoms with E-state index in [0.29, 0.717) is 17.1 Å². The quantitative estimate of drug-likeness (QED) is 0.675. The number of nitrogens with zero attached hydrogens (tertiary/aromatic N) is 2. The van der Waals surface area contributed by atoms with Crippen molar-refractivity contribution in [2.45, 2.75) is 13.3 Å². The predicted octanol–water partition coefficient (Wildman–Crippen LogP) is 2.62. The van der Waals surface area contributed by atoms with Crippen LogP contribution < -0.4 is 10.1 Å². The minimum atomic E-state index is -0.265. The molecule has 0 bridgehead atoms. The zero-order valence-electron chi connectivity index (χ0n) is 12.9. The van der Waals surface area contributed by atoms with Crippen molar-refractivity contribution in [3.8, 4) is 17.0 Å². The van der Waals surface area contributed by atoms with Crippen LogP contribution in [-0.4, -0.2) is 33.4 Å². The maximum absolute atomic E-state index is 12.4. The van der Waals surface area contributed by atoms with Gasteiger partial charge in [0.15, 0.2) is 5.82 Å². The number of nitrogens with one attached hydrogen (secondary N) is 3. The highest BCUT2D eigenvalue weighted by Crippen LogP contribution is 2.24. The monoisotopic (exact) mass is 311 g/mol. The first kappa shape index (κ1) is 14.8. The number of hydrogen-bond donors (Lipinski definition) is 3. The number of ether oxygens (including phenoxy) is 1. The zero-order valence-corrected chi connectivity index (χ0v) is 12.9. The van der Waals surface area contributed by atoms with Crippen LogP contribution in [0, 0.1) is 0 Å². The largest absolute Gasteiger partial charge is 0.497 e. The molecule has 3 rings (SSSR count). The Morgan fingerprint density at radius 2 is 2.04 bits per heavy atom. The Hall–Kier alpha value is -3.09. The highest BCUT2D eigenvalue weighted by atomic mass is 16.5. The highest BCUT2D eigenvalue weighted by Gasteiger charge is 2.16. The SMILES string of the molecule is CCc1cc(NC(=O)c2cn[nH]c2-c2ccc(OC)cc2)n[nH]1. The maximum atomic E-state index is 12.4. The summed E-state index contributed by atoms with van der Waals surface area (Å²) < 4.78 is 5.14. The van der Waals surface area contributed by atoms with Crippen molar-refractivity contribution in [3.63, 3.8) is 0 Å². The fourth-order valence-corrected chi connectivity index (χ4v) is 2.23. The van der Waals surface area contributed by atoms with Gasteiger partial charge in [-0.3, -0.25) is 15.0 Å². The molecule has 2 heterocycles. The molecule has 2 aromatic heterocycles. The molecule has 0 atom stereocenters. The molecular weight excluding hydrogens is 294 g/mol. The van der Waals surface area contributed by atoms with Crippen LogP contribution in [-0.2, 0) is 6.42 Å². The molecule has 0 aliphatic carbocycles. The normalized spacial score (nSPS) is 10.5. The molecule has 0 aliphatic heterocycles. The molecule has 3 N–H and O–H groups in total. The zero-order chi connectivity index (χ0) is 16.2. The van der Waals surface area contributed by atoms with Gasteiger partial charge in [-0.15, -0.1) is 0 Å². The van der Waals surface area contributed by atoms with E-state index in [-0.39, 0.29) is 5.91 Å². The van der Waals surface area contributed by atoms with Gasteiger partial charge in [0.05, 0.1) is 24.6 Å². The lowest BCUT2D eigenvalue weighted by Gasteiger charge is -2.05. The molecule has 0 spiro atoms. The van der Waals surface area contributed by atoms with E-state index in [1.165, 1.54) is 6.20 Å². The number of amides is 1. The van der Waals surface area contributed by atoms with Crippen molar-refractivity contribution >= 4 is 11.7 Å². The van der Waals surface area contributed by atoms with Crippen molar-refractivity contribution in [1.29, 1.82) is 0 Å². The fourth-order valence-electron chi connectivity index (χ4n) is 2.23. The number of methoxy groups -OCH3 is 1. The van der Waals surface area contributed by atoms with Crippen LogP contribution in [0.15, 0.2) is 36.5 Å². The van der Waals surface area contributed by atoms with E-state index in [9.17, 15) is 4.79 Å². The van der Waals surface area contributed by atoms with E-state index < -0.39 is 0 Å². The Morgan fingerprint density at radius 3 is 2.70 bits per heavy atom. The van der Waals surface area contributed by atoms with Crippen LogP contribution in [0.25, 0.3) is 11.3 Å². The third-order valence-corrected chi connectivity index (χ3v) is 3.52. The van der Waals surface area contributed by atoms with Crippen LogP contribution in [0.4, 0.5) is 5.82 Å². The number of H-pyrrole nitrogens is 2. The van der Waals surface area contributed by atoms with E-state index >= 15 is 0 Å². The molecule has 1 amide bonds. The smallest absolute Gasteiger partial charge is 0.260 e. The second-order valence-electron chi connectivity index (χ2n) is 4.97. The van der Waals surface area contributed by atoms with Crippen molar-refractivity contribution in [1.82, 2.24) is 20.4 Å². The third-order valence-electron chi connectivity index (χ3n) is 3.52. The standard InChI is InChI=1S/C16H17N5O2/c1-3-11-8-14(20-19-11)18-16(22)13-9-17-21-15(13)10-4-6-12(23-2)7-5-10/h4-9H,3H2,1-2H3,(H,17,21)(H2,18,19,20,22). The summed E-state index contributed by atoms with van der Waals surface area (Å²) >= 11 is 0. The molecule has 1 aromatic carbocycles. The van der Waals surface area contributed by atoms with Gasteiger partial charge in [-0.05, 0) is 30.7 Å². The first-order valence-corrected chi connectivity index (χ1v) is 7.24. The minimum Gasteiger partial charge on any atom is -0.497 e. The van der Waals surface area contributed by atoms with Crippen LogP contribution in [0.2, 0.25) is 0 Å². The number of aromatic nitrogens is 4. The number of carbonyl (C=O) groups excluding carboxylic acids is 1. The maximum Gasteiger partial charge on any atom is 0.260 e. The molecule has 23 heavy (non-hydrogen) atoms. The first-order valence-electron chi connectivity index (χ1n) is 7.24. The van der Waals surface area contributed by atoms with Gasteiger partial charge in [-0.2, -0.15) is 10.2 Å². The molecule has 118 valence electrons.